The van der Waals surface area contributed by atoms with Crippen molar-refractivity contribution in [2.45, 2.75) is 32.2 Å². The van der Waals surface area contributed by atoms with Crippen molar-refractivity contribution in [2.75, 3.05) is 12.8 Å². The third-order valence-electron chi connectivity index (χ3n) is 4.46. The molecule has 0 spiro atoms. The Morgan fingerprint density at radius 2 is 1.62 bits per heavy atom. The number of halogens is 2. The van der Waals surface area contributed by atoms with E-state index < -0.39 is 0 Å². The van der Waals surface area contributed by atoms with Crippen molar-refractivity contribution in [3.63, 3.8) is 0 Å². The molecule has 2 aromatic rings. The van der Waals surface area contributed by atoms with Crippen molar-refractivity contribution in [3.05, 3.63) is 64.7 Å². The normalized spacial score (nSPS) is 12.8. The van der Waals surface area contributed by atoms with E-state index in [9.17, 15) is 4.79 Å². The van der Waals surface area contributed by atoms with Crippen LogP contribution in [-0.2, 0) is 11.2 Å². The van der Waals surface area contributed by atoms with Gasteiger partial charge in [-0.3, -0.25) is 4.79 Å². The van der Waals surface area contributed by atoms with Gasteiger partial charge in [0.25, 0.3) is 0 Å². The Labute approximate surface area is 155 Å². The molecule has 2 N–H and O–H groups in total. The minimum Gasteiger partial charge on any atom is -0.399 e. The molecule has 2 unspecified atom stereocenters. The molecule has 5 heteroatoms. The molecule has 0 saturated carbocycles. The summed E-state index contributed by atoms with van der Waals surface area (Å²) in [7, 11) is 1.86. The van der Waals surface area contributed by atoms with Crippen molar-refractivity contribution in [1.82, 2.24) is 4.90 Å². The Hall–Kier alpha value is -1.71. The zero-order valence-electron chi connectivity index (χ0n) is 14.2. The molecule has 0 radical (unpaired) electrons. The molecule has 2 rings (SSSR count). The minimum absolute atomic E-state index is 0. The molecule has 0 aliphatic heterocycles. The van der Waals surface area contributed by atoms with E-state index in [2.05, 4.69) is 13.8 Å². The highest BCUT2D eigenvalue weighted by Crippen LogP contribution is 2.24. The number of nitrogens with zero attached hydrogens (tertiary/aromatic N) is 1. The summed E-state index contributed by atoms with van der Waals surface area (Å²) in [6.07, 6.45) is 0.383. The molecule has 1 amide bonds. The zero-order chi connectivity index (χ0) is 17.0. The molecule has 0 heterocycles. The van der Waals surface area contributed by atoms with E-state index in [1.807, 2.05) is 60.5 Å². The summed E-state index contributed by atoms with van der Waals surface area (Å²) in [5, 5.41) is 0.724. The van der Waals surface area contributed by atoms with Crippen LogP contribution in [-0.4, -0.2) is 23.9 Å². The number of amides is 1. The van der Waals surface area contributed by atoms with Crippen LogP contribution in [0.25, 0.3) is 0 Å². The maximum absolute atomic E-state index is 12.5. The van der Waals surface area contributed by atoms with Crippen LogP contribution in [0.15, 0.2) is 48.5 Å². The highest BCUT2D eigenvalue weighted by Gasteiger charge is 2.22. The smallest absolute Gasteiger partial charge is 0.226 e. The molecular weight excluding hydrogens is 343 g/mol. The first-order chi connectivity index (χ1) is 10.9. The van der Waals surface area contributed by atoms with E-state index in [4.69, 9.17) is 17.3 Å². The molecule has 0 fully saturated rings. The van der Waals surface area contributed by atoms with Gasteiger partial charge in [0.05, 0.1) is 6.42 Å². The first-order valence-corrected chi connectivity index (χ1v) is 8.12. The molecule has 130 valence electrons. The topological polar surface area (TPSA) is 46.3 Å². The lowest BCUT2D eigenvalue weighted by atomic mass is 9.93. The lowest BCUT2D eigenvalue weighted by Gasteiger charge is -2.30. The summed E-state index contributed by atoms with van der Waals surface area (Å²) in [5.41, 5.74) is 8.53. The monoisotopic (exact) mass is 366 g/mol. The lowest BCUT2D eigenvalue weighted by Crippen LogP contribution is -2.39. The molecule has 0 saturated heterocycles. The van der Waals surface area contributed by atoms with Crippen LogP contribution >= 0.6 is 24.0 Å². The third-order valence-corrected chi connectivity index (χ3v) is 4.71. The van der Waals surface area contributed by atoms with Crippen molar-refractivity contribution >= 4 is 35.6 Å². The highest BCUT2D eigenvalue weighted by atomic mass is 35.5. The SMILES string of the molecule is CC(c1ccc(Cl)cc1)C(C)N(C)C(=O)Cc1ccc(N)cc1.Cl. The Morgan fingerprint density at radius 3 is 2.17 bits per heavy atom. The van der Waals surface area contributed by atoms with Gasteiger partial charge in [-0.15, -0.1) is 12.4 Å². The summed E-state index contributed by atoms with van der Waals surface area (Å²) in [5.74, 6) is 0.329. The van der Waals surface area contributed by atoms with Crippen LogP contribution in [0.5, 0.6) is 0 Å². The summed E-state index contributed by atoms with van der Waals surface area (Å²) in [6, 6.07) is 15.3. The summed E-state index contributed by atoms with van der Waals surface area (Å²) in [6.45, 7) is 4.20. The predicted molar refractivity (Wildman–Crippen MR) is 104 cm³/mol. The molecular formula is C19H24Cl2N2O. The van der Waals surface area contributed by atoms with Gasteiger partial charge in [0.1, 0.15) is 0 Å². The number of carbonyl (C=O) groups excluding carboxylic acids is 1. The first kappa shape index (κ1) is 20.3. The van der Waals surface area contributed by atoms with Gasteiger partial charge >= 0.3 is 0 Å². The number of nitrogen functional groups attached to an aromatic ring is 1. The lowest BCUT2D eigenvalue weighted by molar-refractivity contribution is -0.131. The molecule has 0 aromatic heterocycles. The fourth-order valence-electron chi connectivity index (χ4n) is 2.54. The fraction of sp³-hybridized carbons (Fsp3) is 0.316. The van der Waals surface area contributed by atoms with E-state index in [1.54, 1.807) is 0 Å². The number of rotatable bonds is 5. The van der Waals surface area contributed by atoms with Crippen molar-refractivity contribution in [3.8, 4) is 0 Å². The van der Waals surface area contributed by atoms with E-state index in [0.29, 0.717) is 12.1 Å². The van der Waals surface area contributed by atoms with Crippen molar-refractivity contribution in [1.29, 1.82) is 0 Å². The van der Waals surface area contributed by atoms with Gasteiger partial charge in [-0.05, 0) is 42.3 Å². The highest BCUT2D eigenvalue weighted by molar-refractivity contribution is 6.30. The van der Waals surface area contributed by atoms with Gasteiger partial charge in [-0.1, -0.05) is 42.8 Å². The number of likely N-dealkylation sites (N-methyl/N-ethyl adjacent to an activating group) is 1. The second-order valence-corrected chi connectivity index (χ2v) is 6.44. The quantitative estimate of drug-likeness (QED) is 0.789. The first-order valence-electron chi connectivity index (χ1n) is 7.74. The zero-order valence-corrected chi connectivity index (χ0v) is 15.8. The fourth-order valence-corrected chi connectivity index (χ4v) is 2.67. The Balaban J connectivity index is 0.00000288. The van der Waals surface area contributed by atoms with Gasteiger partial charge < -0.3 is 10.6 Å². The van der Waals surface area contributed by atoms with Gasteiger partial charge in [-0.25, -0.2) is 0 Å². The molecule has 0 aliphatic rings. The predicted octanol–water partition coefficient (Wildman–Crippen LogP) is 4.54. The molecule has 3 nitrogen and oxygen atoms in total. The summed E-state index contributed by atoms with van der Waals surface area (Å²) < 4.78 is 0. The van der Waals surface area contributed by atoms with Gasteiger partial charge in [0, 0.05) is 29.7 Å². The van der Waals surface area contributed by atoms with E-state index in [-0.39, 0.29) is 30.3 Å². The maximum Gasteiger partial charge on any atom is 0.226 e. The van der Waals surface area contributed by atoms with Crippen LogP contribution in [0.1, 0.15) is 30.9 Å². The maximum atomic E-state index is 12.5. The summed E-state index contributed by atoms with van der Waals surface area (Å²) >= 11 is 5.94. The van der Waals surface area contributed by atoms with E-state index in [1.165, 1.54) is 5.56 Å². The van der Waals surface area contributed by atoms with Crippen molar-refractivity contribution in [2.24, 2.45) is 0 Å². The van der Waals surface area contributed by atoms with Gasteiger partial charge in [0.15, 0.2) is 0 Å². The molecule has 2 atom stereocenters. The molecule has 0 bridgehead atoms. The van der Waals surface area contributed by atoms with Crippen molar-refractivity contribution < 1.29 is 4.79 Å². The van der Waals surface area contributed by atoms with Crippen LogP contribution < -0.4 is 5.73 Å². The average molecular weight is 367 g/mol. The third kappa shape index (κ3) is 5.15. The Kier molecular flexibility index (Phi) is 7.59. The van der Waals surface area contributed by atoms with Crippen LogP contribution in [0.2, 0.25) is 5.02 Å². The number of benzene rings is 2. The number of hydrogen-bond acceptors (Lipinski definition) is 2. The van der Waals surface area contributed by atoms with E-state index >= 15 is 0 Å². The van der Waals surface area contributed by atoms with Crippen LogP contribution in [0.4, 0.5) is 5.69 Å². The van der Waals surface area contributed by atoms with Crippen LogP contribution in [0.3, 0.4) is 0 Å². The van der Waals surface area contributed by atoms with E-state index in [0.717, 1.165) is 10.6 Å². The number of hydrogen-bond donors (Lipinski definition) is 1. The largest absolute Gasteiger partial charge is 0.399 e. The number of carbonyl (C=O) groups is 1. The second kappa shape index (κ2) is 8.95. The standard InChI is InChI=1S/C19H23ClN2O.ClH/c1-13(16-6-8-17(20)9-7-16)14(2)22(3)19(23)12-15-4-10-18(21)11-5-15;/h4-11,13-14H,12,21H2,1-3H3;1H. The van der Waals surface area contributed by atoms with Crippen LogP contribution in [0, 0.1) is 0 Å². The molecule has 0 aliphatic carbocycles. The Bertz CT molecular complexity index is 656. The second-order valence-electron chi connectivity index (χ2n) is 6.00. The minimum atomic E-state index is 0. The molecule has 2 aromatic carbocycles. The number of nitrogens with two attached hydrogens (primary N) is 1. The summed E-state index contributed by atoms with van der Waals surface area (Å²) in [4.78, 5) is 14.3. The van der Waals surface area contributed by atoms with Gasteiger partial charge in [-0.2, -0.15) is 0 Å². The van der Waals surface area contributed by atoms with Gasteiger partial charge in [0.2, 0.25) is 5.91 Å². The molecule has 24 heavy (non-hydrogen) atoms. The average Bonchev–Trinajstić information content (AvgIpc) is 2.55. The number of anilines is 1. The Morgan fingerprint density at radius 1 is 1.08 bits per heavy atom.